The normalized spacial score (nSPS) is 13.9. The van der Waals surface area contributed by atoms with Crippen molar-refractivity contribution < 1.29 is 0 Å². The van der Waals surface area contributed by atoms with Gasteiger partial charge in [-0.15, -0.1) is 0 Å². The molecule has 0 aromatic heterocycles. The van der Waals surface area contributed by atoms with Gasteiger partial charge in [0.2, 0.25) is 0 Å². The average molecular weight is 262 g/mol. The molecule has 0 spiro atoms. The van der Waals surface area contributed by atoms with E-state index in [4.69, 9.17) is 0 Å². The first kappa shape index (κ1) is 16.2. The molecule has 0 aliphatic rings. The minimum atomic E-state index is 0.169. The molecular weight excluding hydrogens is 232 g/mol. The second kappa shape index (κ2) is 6.06. The molecule has 108 valence electrons. The minimum Gasteiger partial charge on any atom is -0.308 e. The van der Waals surface area contributed by atoms with Crippen LogP contribution in [0.2, 0.25) is 0 Å². The van der Waals surface area contributed by atoms with Crippen LogP contribution < -0.4 is 5.32 Å². The highest BCUT2D eigenvalue weighted by atomic mass is 15.2. The van der Waals surface area contributed by atoms with Crippen molar-refractivity contribution in [3.05, 3.63) is 34.4 Å². The molecule has 1 unspecified atom stereocenters. The lowest BCUT2D eigenvalue weighted by atomic mass is 9.95. The summed E-state index contributed by atoms with van der Waals surface area (Å²) in [5, 5.41) is 3.67. The summed E-state index contributed by atoms with van der Waals surface area (Å²) < 4.78 is 0. The number of hydrogen-bond donors (Lipinski definition) is 1. The molecule has 0 amide bonds. The van der Waals surface area contributed by atoms with E-state index in [0.29, 0.717) is 6.04 Å². The molecule has 2 nitrogen and oxygen atoms in total. The Bertz CT molecular complexity index is 433. The van der Waals surface area contributed by atoms with Crippen molar-refractivity contribution in [1.29, 1.82) is 0 Å². The molecule has 1 aromatic rings. The van der Waals surface area contributed by atoms with E-state index in [1.54, 1.807) is 0 Å². The van der Waals surface area contributed by atoms with Crippen molar-refractivity contribution in [2.75, 3.05) is 20.6 Å². The highest BCUT2D eigenvalue weighted by Crippen LogP contribution is 2.22. The smallest absolute Gasteiger partial charge is 0.0295 e. The molecule has 1 atom stereocenters. The first-order valence-corrected chi connectivity index (χ1v) is 7.13. The molecule has 0 bridgehead atoms. The van der Waals surface area contributed by atoms with Gasteiger partial charge in [-0.2, -0.15) is 0 Å². The van der Waals surface area contributed by atoms with Gasteiger partial charge in [0.15, 0.2) is 0 Å². The molecule has 0 aliphatic heterocycles. The lowest BCUT2D eigenvalue weighted by molar-refractivity contribution is 0.185. The first-order chi connectivity index (χ1) is 8.65. The number of nitrogens with zero attached hydrogens (tertiary/aromatic N) is 1. The van der Waals surface area contributed by atoms with Gasteiger partial charge in [-0.1, -0.05) is 12.1 Å². The Kier molecular flexibility index (Phi) is 5.17. The predicted molar refractivity (Wildman–Crippen MR) is 84.8 cm³/mol. The highest BCUT2D eigenvalue weighted by molar-refractivity contribution is 5.38. The van der Waals surface area contributed by atoms with E-state index in [0.717, 1.165) is 6.54 Å². The molecule has 0 radical (unpaired) electrons. The topological polar surface area (TPSA) is 15.3 Å². The van der Waals surface area contributed by atoms with Crippen molar-refractivity contribution in [2.24, 2.45) is 0 Å². The Labute approximate surface area is 119 Å². The van der Waals surface area contributed by atoms with E-state index in [9.17, 15) is 0 Å². The summed E-state index contributed by atoms with van der Waals surface area (Å²) in [7, 11) is 4.27. The standard InChI is InChI=1S/C17H30N2/c1-12-9-14(3)16(10-13(12)2)15(4)18-11-17(5,6)19(7)8/h9-10,15,18H,11H2,1-8H3. The largest absolute Gasteiger partial charge is 0.308 e. The maximum absolute atomic E-state index is 3.67. The number of benzene rings is 1. The van der Waals surface area contributed by atoms with Crippen LogP contribution >= 0.6 is 0 Å². The highest BCUT2D eigenvalue weighted by Gasteiger charge is 2.21. The van der Waals surface area contributed by atoms with Crippen molar-refractivity contribution in [3.8, 4) is 0 Å². The molecule has 2 heteroatoms. The Balaban J connectivity index is 2.79. The van der Waals surface area contributed by atoms with Gasteiger partial charge >= 0.3 is 0 Å². The second-order valence-electron chi connectivity index (χ2n) is 6.60. The van der Waals surface area contributed by atoms with Gasteiger partial charge in [0.05, 0.1) is 0 Å². The maximum Gasteiger partial charge on any atom is 0.0295 e. The zero-order valence-electron chi connectivity index (χ0n) is 13.9. The summed E-state index contributed by atoms with van der Waals surface area (Å²) in [5.41, 5.74) is 5.72. The fraction of sp³-hybridized carbons (Fsp3) is 0.647. The summed E-state index contributed by atoms with van der Waals surface area (Å²) >= 11 is 0. The van der Waals surface area contributed by atoms with Gasteiger partial charge in [-0.3, -0.25) is 0 Å². The van der Waals surface area contributed by atoms with Gasteiger partial charge in [0.1, 0.15) is 0 Å². The summed E-state index contributed by atoms with van der Waals surface area (Å²) in [6.45, 7) is 14.3. The van der Waals surface area contributed by atoms with E-state index in [1.807, 2.05) is 0 Å². The van der Waals surface area contributed by atoms with Crippen molar-refractivity contribution in [2.45, 2.75) is 53.1 Å². The van der Waals surface area contributed by atoms with Crippen molar-refractivity contribution in [3.63, 3.8) is 0 Å². The number of nitrogens with one attached hydrogen (secondary N) is 1. The second-order valence-corrected chi connectivity index (χ2v) is 6.60. The SMILES string of the molecule is Cc1cc(C)c(C(C)NCC(C)(C)N(C)C)cc1C. The Morgan fingerprint density at radius 3 is 2.11 bits per heavy atom. The lowest BCUT2D eigenvalue weighted by Crippen LogP contribution is -2.47. The van der Waals surface area contributed by atoms with E-state index < -0.39 is 0 Å². The third kappa shape index (κ3) is 4.05. The quantitative estimate of drug-likeness (QED) is 0.872. The number of aryl methyl sites for hydroxylation is 3. The Morgan fingerprint density at radius 2 is 1.58 bits per heavy atom. The van der Waals surface area contributed by atoms with Gasteiger partial charge in [0, 0.05) is 18.1 Å². The summed E-state index contributed by atoms with van der Waals surface area (Å²) in [6, 6.07) is 5.00. The number of rotatable bonds is 5. The predicted octanol–water partition coefficient (Wildman–Crippen LogP) is 3.60. The van der Waals surface area contributed by atoms with Crippen molar-refractivity contribution >= 4 is 0 Å². The average Bonchev–Trinajstić information content (AvgIpc) is 2.30. The summed E-state index contributed by atoms with van der Waals surface area (Å²) in [6.07, 6.45) is 0. The van der Waals surface area contributed by atoms with Crippen LogP contribution in [-0.2, 0) is 0 Å². The summed E-state index contributed by atoms with van der Waals surface area (Å²) in [5.74, 6) is 0. The van der Waals surface area contributed by atoms with E-state index in [1.165, 1.54) is 22.3 Å². The number of likely N-dealkylation sites (N-methyl/N-ethyl adjacent to an activating group) is 1. The first-order valence-electron chi connectivity index (χ1n) is 7.13. The molecule has 0 aliphatic carbocycles. The van der Waals surface area contributed by atoms with E-state index in [2.05, 4.69) is 78.0 Å². The van der Waals surface area contributed by atoms with Crippen molar-refractivity contribution in [1.82, 2.24) is 10.2 Å². The maximum atomic E-state index is 3.67. The molecule has 1 aromatic carbocycles. The molecule has 0 saturated carbocycles. The van der Waals surface area contributed by atoms with E-state index >= 15 is 0 Å². The van der Waals surface area contributed by atoms with Crippen LogP contribution in [-0.4, -0.2) is 31.1 Å². The van der Waals surface area contributed by atoms with Crippen LogP contribution in [0.15, 0.2) is 12.1 Å². The molecule has 0 heterocycles. The minimum absolute atomic E-state index is 0.169. The lowest BCUT2D eigenvalue weighted by Gasteiger charge is -2.34. The Morgan fingerprint density at radius 1 is 1.05 bits per heavy atom. The zero-order chi connectivity index (χ0) is 14.8. The fourth-order valence-electron chi connectivity index (χ4n) is 2.12. The van der Waals surface area contributed by atoms with E-state index in [-0.39, 0.29) is 5.54 Å². The summed E-state index contributed by atoms with van der Waals surface area (Å²) in [4.78, 5) is 2.26. The van der Waals surface area contributed by atoms with Gasteiger partial charge in [-0.05, 0) is 77.9 Å². The third-order valence-corrected chi connectivity index (χ3v) is 4.40. The van der Waals surface area contributed by atoms with Crippen LogP contribution in [0, 0.1) is 20.8 Å². The van der Waals surface area contributed by atoms with Crippen LogP contribution in [0.25, 0.3) is 0 Å². The molecule has 1 N–H and O–H groups in total. The number of hydrogen-bond acceptors (Lipinski definition) is 2. The molecule has 19 heavy (non-hydrogen) atoms. The fourth-order valence-corrected chi connectivity index (χ4v) is 2.12. The Hall–Kier alpha value is -0.860. The molecule has 0 saturated heterocycles. The monoisotopic (exact) mass is 262 g/mol. The van der Waals surface area contributed by atoms with Crippen LogP contribution in [0.4, 0.5) is 0 Å². The van der Waals surface area contributed by atoms with Crippen LogP contribution in [0.5, 0.6) is 0 Å². The van der Waals surface area contributed by atoms with Gasteiger partial charge in [-0.25, -0.2) is 0 Å². The zero-order valence-corrected chi connectivity index (χ0v) is 13.9. The van der Waals surface area contributed by atoms with Gasteiger partial charge < -0.3 is 10.2 Å². The third-order valence-electron chi connectivity index (χ3n) is 4.40. The van der Waals surface area contributed by atoms with Crippen LogP contribution in [0.1, 0.15) is 49.1 Å². The molecule has 0 fully saturated rings. The van der Waals surface area contributed by atoms with Crippen LogP contribution in [0.3, 0.4) is 0 Å². The molecule has 1 rings (SSSR count). The van der Waals surface area contributed by atoms with Gasteiger partial charge in [0.25, 0.3) is 0 Å². The molecular formula is C17H30N2.